The molecule has 0 amide bonds. The lowest BCUT2D eigenvalue weighted by molar-refractivity contribution is -0.112. The third kappa shape index (κ3) is 6.36. The third-order valence-corrected chi connectivity index (χ3v) is 4.61. The zero-order chi connectivity index (χ0) is 16.3. The number of nitrogens with zero attached hydrogens (tertiary/aromatic N) is 2. The SMILES string of the molecule is CCOP(=S)(Oc1cc(C)nc(C(C)C)n1)OC(C)(C)O. The van der Waals surface area contributed by atoms with Gasteiger partial charge in [-0.1, -0.05) is 13.8 Å². The first-order valence-electron chi connectivity index (χ1n) is 6.77. The fraction of sp³-hybridized carbons (Fsp3) is 0.692. The van der Waals surface area contributed by atoms with E-state index in [1.54, 1.807) is 13.0 Å². The lowest BCUT2D eigenvalue weighted by Gasteiger charge is -2.27. The van der Waals surface area contributed by atoms with Crippen molar-refractivity contribution >= 4 is 18.5 Å². The Labute approximate surface area is 131 Å². The Morgan fingerprint density at radius 1 is 1.38 bits per heavy atom. The normalized spacial score (nSPS) is 15.0. The predicted molar refractivity (Wildman–Crippen MR) is 84.8 cm³/mol. The Bertz CT molecular complexity index is 531. The van der Waals surface area contributed by atoms with E-state index in [0.29, 0.717) is 18.3 Å². The summed E-state index contributed by atoms with van der Waals surface area (Å²) in [4.78, 5) is 8.66. The van der Waals surface area contributed by atoms with Crippen molar-refractivity contribution in [3.63, 3.8) is 0 Å². The summed E-state index contributed by atoms with van der Waals surface area (Å²) in [6.07, 6.45) is 0. The fourth-order valence-corrected chi connectivity index (χ4v) is 3.91. The second kappa shape index (κ2) is 7.11. The van der Waals surface area contributed by atoms with Crippen LogP contribution in [0.2, 0.25) is 0 Å². The van der Waals surface area contributed by atoms with Crippen LogP contribution in [-0.2, 0) is 20.9 Å². The van der Waals surface area contributed by atoms with Crippen LogP contribution in [0.1, 0.15) is 52.1 Å². The summed E-state index contributed by atoms with van der Waals surface area (Å²) in [7, 11) is 0. The molecule has 0 radical (unpaired) electrons. The van der Waals surface area contributed by atoms with E-state index in [9.17, 15) is 5.11 Å². The van der Waals surface area contributed by atoms with Crippen LogP contribution in [0.25, 0.3) is 0 Å². The number of aliphatic hydroxyl groups is 1. The van der Waals surface area contributed by atoms with Crippen LogP contribution in [0.15, 0.2) is 6.07 Å². The first kappa shape index (κ1) is 18.5. The molecular weight excluding hydrogens is 311 g/mol. The van der Waals surface area contributed by atoms with Crippen molar-refractivity contribution in [3.05, 3.63) is 17.6 Å². The summed E-state index contributed by atoms with van der Waals surface area (Å²) < 4.78 is 16.5. The molecule has 1 N–H and O–H groups in total. The van der Waals surface area contributed by atoms with Gasteiger partial charge in [-0.2, -0.15) is 4.98 Å². The van der Waals surface area contributed by atoms with Gasteiger partial charge in [0.25, 0.3) is 0 Å². The Hall–Kier alpha value is -0.590. The smallest absolute Gasteiger partial charge is 0.384 e. The topological polar surface area (TPSA) is 73.7 Å². The van der Waals surface area contributed by atoms with E-state index < -0.39 is 12.5 Å². The van der Waals surface area contributed by atoms with E-state index in [1.807, 2.05) is 20.8 Å². The van der Waals surface area contributed by atoms with E-state index in [0.717, 1.165) is 5.69 Å². The Morgan fingerprint density at radius 3 is 2.48 bits per heavy atom. The van der Waals surface area contributed by atoms with Gasteiger partial charge < -0.3 is 9.63 Å². The van der Waals surface area contributed by atoms with Gasteiger partial charge in [-0.15, -0.1) is 0 Å². The van der Waals surface area contributed by atoms with Crippen molar-refractivity contribution in [1.29, 1.82) is 0 Å². The van der Waals surface area contributed by atoms with Gasteiger partial charge in [-0.3, -0.25) is 9.05 Å². The largest absolute Gasteiger partial charge is 0.405 e. The van der Waals surface area contributed by atoms with E-state index in [4.69, 9.17) is 25.4 Å². The van der Waals surface area contributed by atoms with Gasteiger partial charge in [-0.25, -0.2) is 4.98 Å². The quantitative estimate of drug-likeness (QED) is 0.606. The molecule has 120 valence electrons. The molecular formula is C13H23N2O4PS. The third-order valence-electron chi connectivity index (χ3n) is 2.19. The molecule has 21 heavy (non-hydrogen) atoms. The average Bonchev–Trinajstić information content (AvgIpc) is 2.24. The van der Waals surface area contributed by atoms with E-state index in [1.165, 1.54) is 13.8 Å². The van der Waals surface area contributed by atoms with Gasteiger partial charge in [-0.05, 0) is 27.7 Å². The number of aryl methyl sites for hydroxylation is 1. The monoisotopic (exact) mass is 334 g/mol. The molecule has 0 spiro atoms. The average molecular weight is 334 g/mol. The maximum Gasteiger partial charge on any atom is 0.384 e. The minimum absolute atomic E-state index is 0.160. The van der Waals surface area contributed by atoms with Crippen molar-refractivity contribution in [2.75, 3.05) is 6.61 Å². The van der Waals surface area contributed by atoms with Gasteiger partial charge in [0, 0.05) is 29.5 Å². The standard InChI is InChI=1S/C13H23N2O4PS/c1-7-17-20(21,19-13(5,6)16)18-11-8-10(4)14-12(15-11)9(2)3/h8-9,16H,7H2,1-6H3. The number of hydrogen-bond acceptors (Lipinski definition) is 7. The Morgan fingerprint density at radius 2 is 2.00 bits per heavy atom. The molecule has 1 rings (SSSR count). The number of hydrogen-bond donors (Lipinski definition) is 1. The molecule has 0 aliphatic rings. The van der Waals surface area contributed by atoms with Gasteiger partial charge in [0.05, 0.1) is 6.61 Å². The molecule has 0 aliphatic carbocycles. The minimum atomic E-state index is -3.14. The van der Waals surface area contributed by atoms with Crippen LogP contribution in [0, 0.1) is 6.92 Å². The second-order valence-electron chi connectivity index (χ2n) is 5.35. The van der Waals surface area contributed by atoms with E-state index in [-0.39, 0.29) is 5.92 Å². The molecule has 1 atom stereocenters. The molecule has 0 fully saturated rings. The molecule has 8 heteroatoms. The van der Waals surface area contributed by atoms with Crippen LogP contribution in [-0.4, -0.2) is 27.5 Å². The number of rotatable bonds is 7. The Kier molecular flexibility index (Phi) is 6.25. The van der Waals surface area contributed by atoms with Crippen molar-refractivity contribution in [1.82, 2.24) is 9.97 Å². The van der Waals surface area contributed by atoms with Gasteiger partial charge in [0.2, 0.25) is 5.88 Å². The highest BCUT2D eigenvalue weighted by molar-refractivity contribution is 8.07. The fourth-order valence-electron chi connectivity index (χ4n) is 1.48. The van der Waals surface area contributed by atoms with Crippen LogP contribution in [0.5, 0.6) is 5.88 Å². The van der Waals surface area contributed by atoms with Crippen LogP contribution < -0.4 is 4.52 Å². The first-order chi connectivity index (χ1) is 9.54. The highest BCUT2D eigenvalue weighted by Crippen LogP contribution is 2.52. The molecule has 1 aromatic rings. The van der Waals surface area contributed by atoms with Gasteiger partial charge in [0.1, 0.15) is 5.82 Å². The van der Waals surface area contributed by atoms with Crippen molar-refractivity contribution in [2.45, 2.75) is 53.2 Å². The molecule has 0 saturated carbocycles. The highest BCUT2D eigenvalue weighted by atomic mass is 32.5. The second-order valence-corrected chi connectivity index (χ2v) is 8.21. The van der Waals surface area contributed by atoms with E-state index >= 15 is 0 Å². The molecule has 0 bridgehead atoms. The highest BCUT2D eigenvalue weighted by Gasteiger charge is 2.31. The van der Waals surface area contributed by atoms with Gasteiger partial charge >= 0.3 is 6.72 Å². The van der Waals surface area contributed by atoms with Gasteiger partial charge in [0.15, 0.2) is 5.79 Å². The molecule has 1 heterocycles. The molecule has 1 aromatic heterocycles. The maximum absolute atomic E-state index is 9.80. The van der Waals surface area contributed by atoms with Crippen molar-refractivity contribution in [2.24, 2.45) is 0 Å². The molecule has 6 nitrogen and oxygen atoms in total. The molecule has 0 aliphatic heterocycles. The summed E-state index contributed by atoms with van der Waals surface area (Å²) in [5, 5.41) is 9.80. The lowest BCUT2D eigenvalue weighted by atomic mass is 10.2. The predicted octanol–water partition coefficient (Wildman–Crippen LogP) is 3.29. The van der Waals surface area contributed by atoms with Crippen LogP contribution in [0.4, 0.5) is 0 Å². The lowest BCUT2D eigenvalue weighted by Crippen LogP contribution is -2.23. The molecule has 1 unspecified atom stereocenters. The van der Waals surface area contributed by atoms with E-state index in [2.05, 4.69) is 9.97 Å². The van der Waals surface area contributed by atoms with Crippen LogP contribution >= 0.6 is 6.72 Å². The minimum Gasteiger partial charge on any atom is -0.405 e. The molecule has 0 aromatic carbocycles. The van der Waals surface area contributed by atoms with Crippen molar-refractivity contribution in [3.8, 4) is 5.88 Å². The van der Waals surface area contributed by atoms with Crippen LogP contribution in [0.3, 0.4) is 0 Å². The zero-order valence-corrected chi connectivity index (χ0v) is 15.0. The summed E-state index contributed by atoms with van der Waals surface area (Å²) in [6.45, 7) is 7.73. The van der Waals surface area contributed by atoms with Crippen molar-refractivity contribution < 1.29 is 18.7 Å². The first-order valence-corrected chi connectivity index (χ1v) is 9.33. The summed E-state index contributed by atoms with van der Waals surface area (Å²) in [6, 6.07) is 1.67. The maximum atomic E-state index is 9.80. The Balaban J connectivity index is 3.07. The number of aromatic nitrogens is 2. The summed E-state index contributed by atoms with van der Waals surface area (Å²) >= 11 is 5.31. The molecule has 0 saturated heterocycles. The summed E-state index contributed by atoms with van der Waals surface area (Å²) in [5.74, 6) is -0.334. The zero-order valence-electron chi connectivity index (χ0n) is 13.3. The summed E-state index contributed by atoms with van der Waals surface area (Å²) in [5.41, 5.74) is 0.769.